The zero-order valence-corrected chi connectivity index (χ0v) is 14.7. The molecule has 1 aliphatic carbocycles. The number of hydrazine groups is 1. The molecule has 4 rings (SSSR count). The van der Waals surface area contributed by atoms with E-state index in [2.05, 4.69) is 10.3 Å². The van der Waals surface area contributed by atoms with Gasteiger partial charge in [0.2, 0.25) is 0 Å². The first kappa shape index (κ1) is 16.6. The zero-order valence-electron chi connectivity index (χ0n) is 14.7. The molecule has 4 atom stereocenters. The molecule has 0 aromatic heterocycles. The average Bonchev–Trinajstić information content (AvgIpc) is 3.33. The van der Waals surface area contributed by atoms with Crippen molar-refractivity contribution in [1.29, 1.82) is 0 Å². The number of hydrogen-bond acceptors (Lipinski definition) is 7. The molecule has 9 heteroatoms. The minimum atomic E-state index is -0.556. The molecule has 2 fully saturated rings. The summed E-state index contributed by atoms with van der Waals surface area (Å²) in [6.07, 6.45) is -0.485. The Balaban J connectivity index is 1.66. The fourth-order valence-electron chi connectivity index (χ4n) is 4.05. The summed E-state index contributed by atoms with van der Waals surface area (Å²) in [5.41, 5.74) is 0.905. The third-order valence-electron chi connectivity index (χ3n) is 4.98. The van der Waals surface area contributed by atoms with Gasteiger partial charge in [0.25, 0.3) is 0 Å². The van der Waals surface area contributed by atoms with Crippen LogP contribution < -0.4 is 5.01 Å². The van der Waals surface area contributed by atoms with Gasteiger partial charge in [-0.25, -0.2) is 24.6 Å². The fourth-order valence-corrected chi connectivity index (χ4v) is 4.05. The smallest absolute Gasteiger partial charge is 0.429 e. The lowest BCUT2D eigenvalue weighted by Gasteiger charge is -2.41. The second-order valence-corrected chi connectivity index (χ2v) is 6.32. The molecule has 3 aliphatic rings. The second kappa shape index (κ2) is 6.47. The molecule has 0 spiro atoms. The summed E-state index contributed by atoms with van der Waals surface area (Å²) >= 11 is 0. The molecule has 9 nitrogen and oxygen atoms in total. The summed E-state index contributed by atoms with van der Waals surface area (Å²) < 4.78 is 10.3. The van der Waals surface area contributed by atoms with Gasteiger partial charge in [-0.15, -0.1) is 0 Å². The van der Waals surface area contributed by atoms with Gasteiger partial charge < -0.3 is 9.47 Å². The first-order chi connectivity index (χ1) is 12.7. The summed E-state index contributed by atoms with van der Waals surface area (Å²) in [6.45, 7) is 3.93. The van der Waals surface area contributed by atoms with Gasteiger partial charge in [-0.3, -0.25) is 0 Å². The fraction of sp³-hybridized carbons (Fsp3) is 0.529. The average molecular weight is 359 g/mol. The van der Waals surface area contributed by atoms with Crippen molar-refractivity contribution in [2.45, 2.75) is 44.4 Å². The summed E-state index contributed by atoms with van der Waals surface area (Å²) in [7, 11) is 0. The lowest BCUT2D eigenvalue weighted by Crippen LogP contribution is -2.63. The molecule has 1 aromatic rings. The third-order valence-corrected chi connectivity index (χ3v) is 4.98. The number of fused-ring (bicyclic) bond motifs is 5. The molecular weight excluding hydrogens is 338 g/mol. The minimum Gasteiger partial charge on any atom is -0.448 e. The molecule has 1 saturated carbocycles. The Labute approximate surface area is 151 Å². The van der Waals surface area contributed by atoms with E-state index in [0.717, 1.165) is 5.69 Å². The van der Waals surface area contributed by atoms with Crippen LogP contribution in [0.25, 0.3) is 0 Å². The van der Waals surface area contributed by atoms with E-state index in [4.69, 9.17) is 9.47 Å². The molecule has 0 radical (unpaired) electrons. The van der Waals surface area contributed by atoms with Gasteiger partial charge in [0, 0.05) is 0 Å². The van der Waals surface area contributed by atoms with E-state index < -0.39 is 12.2 Å². The van der Waals surface area contributed by atoms with E-state index in [9.17, 15) is 9.59 Å². The number of para-hydroxylation sites is 1. The number of nitrogens with zero attached hydrogens (tertiary/aromatic N) is 5. The van der Waals surface area contributed by atoms with Crippen LogP contribution in [-0.2, 0) is 9.47 Å². The van der Waals surface area contributed by atoms with E-state index in [-0.39, 0.29) is 37.4 Å². The maximum Gasteiger partial charge on any atom is 0.429 e. The number of amides is 2. The van der Waals surface area contributed by atoms with Crippen LogP contribution in [0.3, 0.4) is 0 Å². The van der Waals surface area contributed by atoms with Crippen LogP contribution in [0, 0.1) is 0 Å². The van der Waals surface area contributed by atoms with Crippen molar-refractivity contribution < 1.29 is 19.1 Å². The summed E-state index contributed by atoms with van der Waals surface area (Å²) in [4.78, 5) is 25.0. The molecular formula is C17H21N5O4. The van der Waals surface area contributed by atoms with Gasteiger partial charge in [-0.05, 0) is 32.4 Å². The van der Waals surface area contributed by atoms with Crippen molar-refractivity contribution in [2.75, 3.05) is 18.2 Å². The molecule has 1 saturated heterocycles. The van der Waals surface area contributed by atoms with Crippen LogP contribution in [0.15, 0.2) is 40.7 Å². The quantitative estimate of drug-likeness (QED) is 0.828. The van der Waals surface area contributed by atoms with E-state index >= 15 is 0 Å². The lowest BCUT2D eigenvalue weighted by molar-refractivity contribution is -0.0456. The van der Waals surface area contributed by atoms with Crippen molar-refractivity contribution >= 4 is 17.9 Å². The minimum absolute atomic E-state index is 0.127. The van der Waals surface area contributed by atoms with Crippen molar-refractivity contribution in [2.24, 2.45) is 10.3 Å². The highest BCUT2D eigenvalue weighted by Crippen LogP contribution is 2.46. The Morgan fingerprint density at radius 1 is 1.04 bits per heavy atom. The lowest BCUT2D eigenvalue weighted by atomic mass is 10.1. The zero-order chi connectivity index (χ0) is 18.3. The number of carbonyl (C=O) groups is 2. The number of carbonyl (C=O) groups excluding carboxylic acids is 2. The predicted molar refractivity (Wildman–Crippen MR) is 91.3 cm³/mol. The number of benzene rings is 1. The van der Waals surface area contributed by atoms with Gasteiger partial charge in [0.15, 0.2) is 0 Å². The van der Waals surface area contributed by atoms with E-state index in [1.807, 2.05) is 35.3 Å². The Morgan fingerprint density at radius 2 is 1.65 bits per heavy atom. The van der Waals surface area contributed by atoms with Crippen molar-refractivity contribution in [3.8, 4) is 0 Å². The molecule has 138 valence electrons. The number of hydrogen-bond donors (Lipinski definition) is 0. The molecule has 2 heterocycles. The van der Waals surface area contributed by atoms with E-state index in [1.165, 1.54) is 10.0 Å². The van der Waals surface area contributed by atoms with Crippen LogP contribution in [-0.4, -0.2) is 59.6 Å². The number of anilines is 1. The normalized spacial score (nSPS) is 28.5. The number of ether oxygens (including phenoxy) is 2. The van der Waals surface area contributed by atoms with Gasteiger partial charge in [-0.1, -0.05) is 23.4 Å². The van der Waals surface area contributed by atoms with Crippen LogP contribution in [0.4, 0.5) is 15.3 Å². The Kier molecular flexibility index (Phi) is 4.14. The highest BCUT2D eigenvalue weighted by Gasteiger charge is 2.64. The van der Waals surface area contributed by atoms with Gasteiger partial charge in [0.05, 0.1) is 31.0 Å². The first-order valence-electron chi connectivity index (χ1n) is 8.84. The van der Waals surface area contributed by atoms with Gasteiger partial charge in [-0.2, -0.15) is 5.11 Å². The Bertz CT molecular complexity index is 727. The first-order valence-corrected chi connectivity index (χ1v) is 8.84. The van der Waals surface area contributed by atoms with Crippen LogP contribution in [0.5, 0.6) is 0 Å². The summed E-state index contributed by atoms with van der Waals surface area (Å²) in [5, 5.41) is 13.3. The van der Waals surface area contributed by atoms with Crippen LogP contribution in [0.2, 0.25) is 0 Å². The topological polar surface area (TPSA) is 87.0 Å². The number of rotatable bonds is 3. The van der Waals surface area contributed by atoms with Gasteiger partial charge in [0.1, 0.15) is 12.1 Å². The predicted octanol–water partition coefficient (Wildman–Crippen LogP) is 2.60. The molecule has 1 aromatic carbocycles. The molecule has 0 unspecified atom stereocenters. The standard InChI is InChI=1S/C17H21N5O4/c1-3-25-16(23)21-12-10-13(22(21)17(24)26-4-2)15-14(12)18-19-20(15)11-8-6-5-7-9-11/h5-9,12-15H,3-4,10H2,1-2H3/t12-,13-,14+,15-/m0/s1. The largest absolute Gasteiger partial charge is 0.448 e. The van der Waals surface area contributed by atoms with Gasteiger partial charge >= 0.3 is 12.2 Å². The second-order valence-electron chi connectivity index (χ2n) is 6.32. The summed E-state index contributed by atoms with van der Waals surface area (Å²) in [6, 6.07) is 8.83. The Hall–Kier alpha value is -2.84. The SMILES string of the molecule is CCOC(=O)N1[C@H]2C[C@@H]([C@H]3[C@@H]2N=NN3c2ccccc2)N1C(=O)OCC. The highest BCUT2D eigenvalue weighted by atomic mass is 16.6. The van der Waals surface area contributed by atoms with Crippen molar-refractivity contribution in [3.63, 3.8) is 0 Å². The highest BCUT2D eigenvalue weighted by molar-refractivity contribution is 5.77. The third kappa shape index (κ3) is 2.38. The Morgan fingerprint density at radius 3 is 2.27 bits per heavy atom. The molecule has 2 bridgehead atoms. The van der Waals surface area contributed by atoms with Crippen LogP contribution >= 0.6 is 0 Å². The van der Waals surface area contributed by atoms with Crippen molar-refractivity contribution in [3.05, 3.63) is 30.3 Å². The monoisotopic (exact) mass is 359 g/mol. The van der Waals surface area contributed by atoms with Crippen molar-refractivity contribution in [1.82, 2.24) is 10.0 Å². The van der Waals surface area contributed by atoms with E-state index in [0.29, 0.717) is 6.42 Å². The molecule has 2 amide bonds. The van der Waals surface area contributed by atoms with Crippen LogP contribution in [0.1, 0.15) is 20.3 Å². The molecule has 26 heavy (non-hydrogen) atoms. The summed E-state index contributed by atoms with van der Waals surface area (Å²) in [5.74, 6) is 0. The molecule has 2 aliphatic heterocycles. The maximum absolute atomic E-state index is 12.6. The maximum atomic E-state index is 12.6. The van der Waals surface area contributed by atoms with E-state index in [1.54, 1.807) is 13.8 Å². The molecule has 0 N–H and O–H groups in total.